The second kappa shape index (κ2) is 9.91. The van der Waals surface area contributed by atoms with Crippen molar-refractivity contribution >= 4 is 35.4 Å². The van der Waals surface area contributed by atoms with Crippen LogP contribution in [0, 0.1) is 0 Å². The van der Waals surface area contributed by atoms with Crippen molar-refractivity contribution in [1.29, 1.82) is 0 Å². The van der Waals surface area contributed by atoms with E-state index in [9.17, 15) is 28.8 Å². The smallest absolute Gasteiger partial charge is 0.254 e. The predicted octanol–water partition coefficient (Wildman–Crippen LogP) is -2.87. The lowest BCUT2D eigenvalue weighted by atomic mass is 10.1. The van der Waals surface area contributed by atoms with Crippen LogP contribution in [0.1, 0.15) is 19.8 Å². The van der Waals surface area contributed by atoms with Crippen LogP contribution in [0.2, 0.25) is 0 Å². The first kappa shape index (κ1) is 20.8. The summed E-state index contributed by atoms with van der Waals surface area (Å²) in [5.74, 6) is -3.00. The van der Waals surface area contributed by atoms with Crippen LogP contribution >= 0.6 is 0 Å². The van der Waals surface area contributed by atoms with Gasteiger partial charge < -0.3 is 21.3 Å². The fraction of sp³-hybridized carbons (Fsp3) is 0.467. The van der Waals surface area contributed by atoms with E-state index in [0.29, 0.717) is 0 Å². The van der Waals surface area contributed by atoms with E-state index in [0.717, 1.165) is 17.1 Å². The molecule has 0 aromatic rings. The molecule has 0 aromatic carbocycles. The second-order valence-electron chi connectivity index (χ2n) is 5.45. The average Bonchev–Trinajstić information content (AvgIpc) is 2.85. The van der Waals surface area contributed by atoms with Gasteiger partial charge in [0.2, 0.25) is 23.6 Å². The molecule has 0 bridgehead atoms. The van der Waals surface area contributed by atoms with Crippen LogP contribution in [0.5, 0.6) is 0 Å². The van der Waals surface area contributed by atoms with Crippen molar-refractivity contribution in [2.24, 2.45) is 0 Å². The highest BCUT2D eigenvalue weighted by Crippen LogP contribution is 2.02. The van der Waals surface area contributed by atoms with Gasteiger partial charge in [0.15, 0.2) is 0 Å². The third kappa shape index (κ3) is 7.11. The molecule has 26 heavy (non-hydrogen) atoms. The zero-order valence-corrected chi connectivity index (χ0v) is 14.5. The van der Waals surface area contributed by atoms with E-state index < -0.39 is 36.2 Å². The molecule has 11 nitrogen and oxygen atoms in total. The number of hydrogen-bond acceptors (Lipinski definition) is 6. The highest BCUT2D eigenvalue weighted by Gasteiger charge is 2.25. The molecule has 0 spiro atoms. The Morgan fingerprint density at radius 2 is 1.50 bits per heavy atom. The molecule has 0 aromatic heterocycles. The number of hydrogen-bond donors (Lipinski definition) is 4. The normalized spacial score (nSPS) is 14.0. The maximum absolute atomic E-state index is 11.9. The van der Waals surface area contributed by atoms with Gasteiger partial charge in [0.25, 0.3) is 11.8 Å². The van der Waals surface area contributed by atoms with Crippen LogP contribution in [0.15, 0.2) is 12.2 Å². The molecule has 1 atom stereocenters. The van der Waals surface area contributed by atoms with Crippen molar-refractivity contribution in [2.45, 2.75) is 25.8 Å². The number of carbonyl (C=O) groups is 6. The van der Waals surface area contributed by atoms with Crippen LogP contribution in [-0.2, 0) is 28.8 Å². The molecule has 4 N–H and O–H groups in total. The maximum atomic E-state index is 11.9. The predicted molar refractivity (Wildman–Crippen MR) is 87.9 cm³/mol. The standard InChI is InChI=1S/C15H21N5O6/c1-9(21)19-10(5-11(22)16-2)6-12(23)17-8-18-13(24)7-20-14(25)3-4-15(20)26/h3-4,10H,5-8H2,1-2H3,(H,16,22)(H,17,23)(H,18,24)(H,19,21). The van der Waals surface area contributed by atoms with Crippen molar-refractivity contribution in [3.63, 3.8) is 0 Å². The highest BCUT2D eigenvalue weighted by molar-refractivity contribution is 6.14. The van der Waals surface area contributed by atoms with Gasteiger partial charge in [0, 0.05) is 45.0 Å². The first-order chi connectivity index (χ1) is 12.2. The molecular formula is C15H21N5O6. The fourth-order valence-electron chi connectivity index (χ4n) is 2.11. The minimum Gasteiger partial charge on any atom is -0.359 e. The number of carbonyl (C=O) groups excluding carboxylic acids is 6. The minimum absolute atomic E-state index is 0.0674. The third-order valence-electron chi connectivity index (χ3n) is 3.32. The van der Waals surface area contributed by atoms with Gasteiger partial charge in [-0.05, 0) is 0 Å². The summed E-state index contributed by atoms with van der Waals surface area (Å²) in [4.78, 5) is 69.5. The Bertz CT molecular complexity index is 626. The Kier molecular flexibility index (Phi) is 7.93. The summed E-state index contributed by atoms with van der Waals surface area (Å²) in [6, 6.07) is -0.686. The van der Waals surface area contributed by atoms with Gasteiger partial charge in [-0.3, -0.25) is 33.7 Å². The molecule has 0 saturated carbocycles. The van der Waals surface area contributed by atoms with Gasteiger partial charge in [-0.15, -0.1) is 0 Å². The fourth-order valence-corrected chi connectivity index (χ4v) is 2.11. The average molecular weight is 367 g/mol. The van der Waals surface area contributed by atoms with Crippen LogP contribution in [0.25, 0.3) is 0 Å². The van der Waals surface area contributed by atoms with Gasteiger partial charge in [0.05, 0.1) is 6.67 Å². The molecule has 6 amide bonds. The molecule has 0 radical (unpaired) electrons. The van der Waals surface area contributed by atoms with E-state index in [1.807, 2.05) is 0 Å². The summed E-state index contributed by atoms with van der Waals surface area (Å²) < 4.78 is 0. The van der Waals surface area contributed by atoms with Crippen LogP contribution in [-0.4, -0.2) is 66.6 Å². The van der Waals surface area contributed by atoms with Gasteiger partial charge in [-0.1, -0.05) is 0 Å². The van der Waals surface area contributed by atoms with Crippen molar-refractivity contribution in [2.75, 3.05) is 20.3 Å². The molecule has 1 unspecified atom stereocenters. The van der Waals surface area contributed by atoms with Crippen molar-refractivity contribution in [3.8, 4) is 0 Å². The molecule has 1 aliphatic rings. The second-order valence-corrected chi connectivity index (χ2v) is 5.45. The van der Waals surface area contributed by atoms with Gasteiger partial charge in [-0.2, -0.15) is 0 Å². The molecule has 0 saturated heterocycles. The number of imide groups is 1. The van der Waals surface area contributed by atoms with E-state index in [4.69, 9.17) is 0 Å². The van der Waals surface area contributed by atoms with Crippen LogP contribution in [0.3, 0.4) is 0 Å². The summed E-state index contributed by atoms with van der Waals surface area (Å²) in [5, 5.41) is 9.63. The van der Waals surface area contributed by atoms with Gasteiger partial charge in [0.1, 0.15) is 6.54 Å². The number of rotatable bonds is 9. The van der Waals surface area contributed by atoms with E-state index in [-0.39, 0.29) is 31.3 Å². The number of nitrogens with zero attached hydrogens (tertiary/aromatic N) is 1. The molecular weight excluding hydrogens is 346 g/mol. The maximum Gasteiger partial charge on any atom is 0.254 e. The van der Waals surface area contributed by atoms with Crippen LogP contribution in [0.4, 0.5) is 0 Å². The largest absolute Gasteiger partial charge is 0.359 e. The zero-order valence-electron chi connectivity index (χ0n) is 14.5. The van der Waals surface area contributed by atoms with Gasteiger partial charge >= 0.3 is 0 Å². The van der Waals surface area contributed by atoms with Crippen molar-refractivity contribution in [1.82, 2.24) is 26.2 Å². The Labute approximate surface area is 149 Å². The van der Waals surface area contributed by atoms with Crippen LogP contribution < -0.4 is 21.3 Å². The quantitative estimate of drug-likeness (QED) is 0.254. The first-order valence-electron chi connectivity index (χ1n) is 7.77. The highest BCUT2D eigenvalue weighted by atomic mass is 16.2. The summed E-state index contributed by atoms with van der Waals surface area (Å²) in [5.41, 5.74) is 0. The van der Waals surface area contributed by atoms with E-state index in [1.165, 1.54) is 14.0 Å². The molecule has 142 valence electrons. The number of amides is 6. The third-order valence-corrected chi connectivity index (χ3v) is 3.32. The Hall–Kier alpha value is -3.24. The number of nitrogens with one attached hydrogen (secondary N) is 4. The summed E-state index contributed by atoms with van der Waals surface area (Å²) >= 11 is 0. The van der Waals surface area contributed by atoms with E-state index >= 15 is 0 Å². The molecule has 1 heterocycles. The Morgan fingerprint density at radius 3 is 2.04 bits per heavy atom. The summed E-state index contributed by atoms with van der Waals surface area (Å²) in [6.45, 7) is 0.588. The molecule has 11 heteroatoms. The lowest BCUT2D eigenvalue weighted by molar-refractivity contribution is -0.141. The monoisotopic (exact) mass is 367 g/mol. The molecule has 1 aliphatic heterocycles. The summed E-state index contributed by atoms with van der Waals surface area (Å²) in [7, 11) is 1.44. The van der Waals surface area contributed by atoms with E-state index in [2.05, 4.69) is 21.3 Å². The lowest BCUT2D eigenvalue weighted by Crippen LogP contribution is -2.46. The van der Waals surface area contributed by atoms with Crippen molar-refractivity contribution < 1.29 is 28.8 Å². The SMILES string of the molecule is CNC(=O)CC(CC(=O)NCNC(=O)CN1C(=O)C=CC1=O)NC(C)=O. The van der Waals surface area contributed by atoms with E-state index in [1.54, 1.807) is 0 Å². The molecule has 0 fully saturated rings. The topological polar surface area (TPSA) is 154 Å². The molecule has 0 aliphatic carbocycles. The Balaban J connectivity index is 2.36. The summed E-state index contributed by atoms with van der Waals surface area (Å²) in [6.07, 6.45) is 1.90. The first-order valence-corrected chi connectivity index (χ1v) is 7.77. The van der Waals surface area contributed by atoms with Gasteiger partial charge in [-0.25, -0.2) is 0 Å². The zero-order chi connectivity index (χ0) is 19.7. The van der Waals surface area contributed by atoms with Crippen molar-refractivity contribution in [3.05, 3.63) is 12.2 Å². The lowest BCUT2D eigenvalue weighted by Gasteiger charge is -2.17. The molecule has 1 rings (SSSR count). The Morgan fingerprint density at radius 1 is 0.962 bits per heavy atom. The minimum atomic E-state index is -0.686.